The molecule has 31 heavy (non-hydrogen) atoms. The average molecular weight is 451 g/mol. The lowest BCUT2D eigenvalue weighted by atomic mass is 9.94. The summed E-state index contributed by atoms with van der Waals surface area (Å²) in [4.78, 5) is 24.9. The van der Waals surface area contributed by atoms with E-state index in [9.17, 15) is 31.5 Å². The highest BCUT2D eigenvalue weighted by atomic mass is 19.4. The summed E-state index contributed by atoms with van der Waals surface area (Å²) in [6.07, 6.45) is -6.68. The van der Waals surface area contributed by atoms with Crippen LogP contribution < -0.4 is 0 Å². The molecular weight excluding hydrogens is 425 g/mol. The quantitative estimate of drug-likeness (QED) is 0.631. The molecule has 1 amide bonds. The third-order valence-electron chi connectivity index (χ3n) is 5.49. The first-order chi connectivity index (χ1) is 14.2. The SMILES string of the molecule is CC(C)(C)OC(=O)N1CCc2nn3c(c2C1)C(F)(F)CCC(CCC(=O)C(F)(F)F)C3. The first-order valence-corrected chi connectivity index (χ1v) is 10.2. The number of amides is 1. The number of rotatable bonds is 3. The lowest BCUT2D eigenvalue weighted by Gasteiger charge is -2.30. The fourth-order valence-corrected chi connectivity index (χ4v) is 4.00. The van der Waals surface area contributed by atoms with Crippen molar-refractivity contribution in [3.8, 4) is 0 Å². The molecule has 6 nitrogen and oxygen atoms in total. The van der Waals surface area contributed by atoms with Gasteiger partial charge >= 0.3 is 12.3 Å². The topological polar surface area (TPSA) is 64.4 Å². The second-order valence-electron chi connectivity index (χ2n) is 9.18. The van der Waals surface area contributed by atoms with E-state index in [0.717, 1.165) is 0 Å². The maximum absolute atomic E-state index is 15.0. The van der Waals surface area contributed by atoms with Crippen LogP contribution in [0, 0.1) is 5.92 Å². The van der Waals surface area contributed by atoms with Crippen LogP contribution in [0.15, 0.2) is 0 Å². The second-order valence-corrected chi connectivity index (χ2v) is 9.18. The Balaban J connectivity index is 1.80. The summed E-state index contributed by atoms with van der Waals surface area (Å²) < 4.78 is 73.9. The van der Waals surface area contributed by atoms with Crippen molar-refractivity contribution in [2.45, 2.75) is 83.7 Å². The van der Waals surface area contributed by atoms with Crippen LogP contribution in [0.2, 0.25) is 0 Å². The van der Waals surface area contributed by atoms with Gasteiger partial charge in [-0.1, -0.05) is 0 Å². The molecule has 0 N–H and O–H groups in total. The van der Waals surface area contributed by atoms with E-state index in [1.54, 1.807) is 20.8 Å². The molecule has 0 fully saturated rings. The monoisotopic (exact) mass is 451 g/mol. The van der Waals surface area contributed by atoms with Gasteiger partial charge in [0.15, 0.2) is 0 Å². The minimum absolute atomic E-state index is 0.00942. The van der Waals surface area contributed by atoms with Crippen molar-refractivity contribution >= 4 is 11.9 Å². The van der Waals surface area contributed by atoms with E-state index in [1.807, 2.05) is 0 Å². The minimum Gasteiger partial charge on any atom is -0.444 e. The minimum atomic E-state index is -4.92. The fourth-order valence-electron chi connectivity index (χ4n) is 4.00. The first-order valence-electron chi connectivity index (χ1n) is 10.2. The van der Waals surface area contributed by atoms with Crippen LogP contribution in [0.25, 0.3) is 0 Å². The Kier molecular flexibility index (Phi) is 6.09. The number of hydrogen-bond donors (Lipinski definition) is 0. The zero-order valence-electron chi connectivity index (χ0n) is 17.7. The summed E-state index contributed by atoms with van der Waals surface area (Å²) in [7, 11) is 0. The van der Waals surface area contributed by atoms with Gasteiger partial charge < -0.3 is 9.64 Å². The molecule has 0 aliphatic carbocycles. The van der Waals surface area contributed by atoms with Crippen molar-refractivity contribution in [3.63, 3.8) is 0 Å². The van der Waals surface area contributed by atoms with E-state index in [-0.39, 0.29) is 50.2 Å². The van der Waals surface area contributed by atoms with Crippen molar-refractivity contribution in [3.05, 3.63) is 17.0 Å². The van der Waals surface area contributed by atoms with Crippen LogP contribution in [0.4, 0.5) is 26.7 Å². The molecule has 0 radical (unpaired) electrons. The molecule has 2 aliphatic heterocycles. The van der Waals surface area contributed by atoms with Crippen LogP contribution in [-0.4, -0.2) is 44.9 Å². The number of aromatic nitrogens is 2. The lowest BCUT2D eigenvalue weighted by molar-refractivity contribution is -0.171. The number of alkyl halides is 5. The average Bonchev–Trinajstić information content (AvgIpc) is 2.93. The Morgan fingerprint density at radius 3 is 2.52 bits per heavy atom. The number of hydrogen-bond acceptors (Lipinski definition) is 4. The Hall–Kier alpha value is -2.20. The van der Waals surface area contributed by atoms with E-state index < -0.39 is 48.3 Å². The highest BCUT2D eigenvalue weighted by molar-refractivity contribution is 5.83. The van der Waals surface area contributed by atoms with Crippen LogP contribution >= 0.6 is 0 Å². The maximum Gasteiger partial charge on any atom is 0.449 e. The van der Waals surface area contributed by atoms with Crippen molar-refractivity contribution in [2.75, 3.05) is 6.54 Å². The molecule has 3 rings (SSSR count). The number of fused-ring (bicyclic) bond motifs is 3. The third-order valence-corrected chi connectivity index (χ3v) is 5.49. The normalized spacial score (nSPS) is 21.2. The van der Waals surface area contributed by atoms with Gasteiger partial charge in [-0.3, -0.25) is 9.48 Å². The predicted octanol–water partition coefficient (Wildman–Crippen LogP) is 4.59. The zero-order valence-corrected chi connectivity index (χ0v) is 17.7. The van der Waals surface area contributed by atoms with Gasteiger partial charge in [0.1, 0.15) is 11.3 Å². The largest absolute Gasteiger partial charge is 0.449 e. The summed E-state index contributed by atoms with van der Waals surface area (Å²) >= 11 is 0. The highest BCUT2D eigenvalue weighted by Crippen LogP contribution is 2.42. The maximum atomic E-state index is 15.0. The third kappa shape index (κ3) is 5.35. The molecule has 1 unspecified atom stereocenters. The van der Waals surface area contributed by atoms with E-state index in [1.165, 1.54) is 9.58 Å². The Morgan fingerprint density at radius 2 is 1.90 bits per heavy atom. The molecule has 0 bridgehead atoms. The molecule has 0 saturated carbocycles. The molecule has 1 atom stereocenters. The van der Waals surface area contributed by atoms with Crippen LogP contribution in [0.1, 0.15) is 63.4 Å². The Labute approximate surface area is 176 Å². The number of halogens is 5. The van der Waals surface area contributed by atoms with Gasteiger partial charge in [0, 0.05) is 37.9 Å². The summed E-state index contributed by atoms with van der Waals surface area (Å²) in [5, 5.41) is 4.29. The second kappa shape index (κ2) is 8.05. The van der Waals surface area contributed by atoms with E-state index in [4.69, 9.17) is 4.74 Å². The number of Topliss-reactive ketones (excluding diaryl/α,β-unsaturated/α-hetero) is 1. The zero-order chi connectivity index (χ0) is 23.2. The van der Waals surface area contributed by atoms with Crippen molar-refractivity contribution in [1.29, 1.82) is 0 Å². The van der Waals surface area contributed by atoms with Crippen molar-refractivity contribution in [1.82, 2.24) is 14.7 Å². The molecule has 174 valence electrons. The van der Waals surface area contributed by atoms with Crippen molar-refractivity contribution < 1.29 is 36.3 Å². The molecule has 0 aromatic carbocycles. The highest BCUT2D eigenvalue weighted by Gasteiger charge is 2.44. The lowest BCUT2D eigenvalue weighted by Crippen LogP contribution is -2.40. The number of carbonyl (C=O) groups excluding carboxylic acids is 2. The van der Waals surface area contributed by atoms with Crippen molar-refractivity contribution in [2.24, 2.45) is 5.92 Å². The standard InChI is InChI=1S/C20H26F5N3O3/c1-18(2,3)31-17(30)27-9-7-14-13(11-27)16-19(21,22)8-6-12(10-28(16)26-14)4-5-15(29)20(23,24)25/h12H,4-11H2,1-3H3. The number of ketones is 1. The van der Waals surface area contributed by atoms with Gasteiger partial charge in [-0.25, -0.2) is 4.79 Å². The molecule has 0 saturated heterocycles. The van der Waals surface area contributed by atoms with Gasteiger partial charge in [-0.05, 0) is 39.5 Å². The summed E-state index contributed by atoms with van der Waals surface area (Å²) in [5.41, 5.74) is -0.283. The van der Waals surface area contributed by atoms with E-state index >= 15 is 0 Å². The molecule has 3 heterocycles. The van der Waals surface area contributed by atoms with Crippen LogP contribution in [0.3, 0.4) is 0 Å². The smallest absolute Gasteiger partial charge is 0.444 e. The van der Waals surface area contributed by atoms with E-state index in [2.05, 4.69) is 5.10 Å². The first kappa shape index (κ1) is 23.5. The molecule has 0 spiro atoms. The summed E-state index contributed by atoms with van der Waals surface area (Å²) in [5.74, 6) is -5.61. The van der Waals surface area contributed by atoms with Gasteiger partial charge in [-0.2, -0.15) is 27.1 Å². The molecule has 2 aliphatic rings. The fraction of sp³-hybridized carbons (Fsp3) is 0.750. The predicted molar refractivity (Wildman–Crippen MR) is 99.5 cm³/mol. The Bertz CT molecular complexity index is 857. The van der Waals surface area contributed by atoms with Gasteiger partial charge in [0.05, 0.1) is 12.2 Å². The van der Waals surface area contributed by atoms with Crippen LogP contribution in [0.5, 0.6) is 0 Å². The van der Waals surface area contributed by atoms with Crippen LogP contribution in [-0.2, 0) is 35.0 Å². The molecule has 1 aromatic rings. The van der Waals surface area contributed by atoms with Gasteiger partial charge in [-0.15, -0.1) is 0 Å². The summed E-state index contributed by atoms with van der Waals surface area (Å²) in [6.45, 7) is 5.35. The molecule has 1 aromatic heterocycles. The Morgan fingerprint density at radius 1 is 1.23 bits per heavy atom. The number of ether oxygens (including phenoxy) is 1. The molecule has 11 heteroatoms. The number of carbonyl (C=O) groups is 2. The number of nitrogens with zero attached hydrogens (tertiary/aromatic N) is 3. The van der Waals surface area contributed by atoms with Gasteiger partial charge in [0.2, 0.25) is 5.78 Å². The van der Waals surface area contributed by atoms with Gasteiger partial charge in [0.25, 0.3) is 5.92 Å². The van der Waals surface area contributed by atoms with E-state index in [0.29, 0.717) is 5.69 Å². The summed E-state index contributed by atoms with van der Waals surface area (Å²) in [6, 6.07) is 0. The molecular formula is C20H26F5N3O3.